The number of carbonyl (C=O) groups is 1. The molecule has 1 heterocycles. The maximum absolute atomic E-state index is 10.9. The van der Waals surface area contributed by atoms with Gasteiger partial charge in [-0.15, -0.1) is 11.3 Å². The van der Waals surface area contributed by atoms with E-state index in [0.29, 0.717) is 0 Å². The quantitative estimate of drug-likeness (QED) is 0.867. The van der Waals surface area contributed by atoms with Gasteiger partial charge in [0.2, 0.25) is 0 Å². The number of aromatic carboxylic acids is 1. The third-order valence-electron chi connectivity index (χ3n) is 2.26. The number of aryl methyl sites for hydroxylation is 2. The molecule has 4 heteroatoms. The summed E-state index contributed by atoms with van der Waals surface area (Å²) in [6.45, 7) is 3.78. The number of hydrogen-bond donors (Lipinski definition) is 1. The Bertz CT molecular complexity index is 546. The van der Waals surface area contributed by atoms with Crippen LogP contribution in [0.3, 0.4) is 0 Å². The Kier molecular flexibility index (Phi) is 2.75. The number of hydrogen-bond acceptors (Lipinski definition) is 3. The molecule has 0 saturated heterocycles. The van der Waals surface area contributed by atoms with Crippen LogP contribution in [0.1, 0.15) is 20.9 Å². The highest BCUT2D eigenvalue weighted by molar-refractivity contribution is 7.15. The largest absolute Gasteiger partial charge is 0.476 e. The zero-order chi connectivity index (χ0) is 11.7. The predicted molar refractivity (Wildman–Crippen MR) is 64.0 cm³/mol. The molecule has 16 heavy (non-hydrogen) atoms. The number of carboxylic acid groups (broad SMARTS) is 1. The molecule has 1 aromatic heterocycles. The van der Waals surface area contributed by atoms with Crippen LogP contribution in [0.4, 0.5) is 0 Å². The van der Waals surface area contributed by atoms with Gasteiger partial charge in [0.1, 0.15) is 5.01 Å². The molecule has 1 aromatic carbocycles. The SMILES string of the molecule is Cc1cccc(-c2nc(C(=O)O)c(C)s2)c1. The van der Waals surface area contributed by atoms with Crippen molar-refractivity contribution in [2.24, 2.45) is 0 Å². The molecule has 1 N–H and O–H groups in total. The van der Waals surface area contributed by atoms with Crippen molar-refractivity contribution in [1.29, 1.82) is 0 Å². The molecule has 0 aliphatic carbocycles. The molecule has 2 rings (SSSR count). The minimum atomic E-state index is -0.965. The monoisotopic (exact) mass is 233 g/mol. The first-order valence-corrected chi connectivity index (χ1v) is 5.67. The highest BCUT2D eigenvalue weighted by atomic mass is 32.1. The number of benzene rings is 1. The van der Waals surface area contributed by atoms with Gasteiger partial charge >= 0.3 is 5.97 Å². The summed E-state index contributed by atoms with van der Waals surface area (Å²) in [6, 6.07) is 7.89. The fraction of sp³-hybridized carbons (Fsp3) is 0.167. The van der Waals surface area contributed by atoms with E-state index in [-0.39, 0.29) is 5.69 Å². The van der Waals surface area contributed by atoms with Crippen LogP contribution in [0.2, 0.25) is 0 Å². The molecule has 0 unspecified atom stereocenters. The minimum absolute atomic E-state index is 0.154. The lowest BCUT2D eigenvalue weighted by atomic mass is 10.1. The van der Waals surface area contributed by atoms with Crippen molar-refractivity contribution >= 4 is 17.3 Å². The number of carboxylic acids is 1. The second kappa shape index (κ2) is 4.06. The van der Waals surface area contributed by atoms with E-state index in [4.69, 9.17) is 5.11 Å². The summed E-state index contributed by atoms with van der Waals surface area (Å²) in [4.78, 5) is 15.8. The molecular weight excluding hydrogens is 222 g/mol. The Hall–Kier alpha value is -1.68. The highest BCUT2D eigenvalue weighted by Gasteiger charge is 2.14. The average Bonchev–Trinajstić information content (AvgIpc) is 2.60. The molecule has 0 aliphatic heterocycles. The molecule has 0 aliphatic rings. The van der Waals surface area contributed by atoms with Gasteiger partial charge in [0.25, 0.3) is 0 Å². The van der Waals surface area contributed by atoms with Gasteiger partial charge in [-0.1, -0.05) is 23.8 Å². The molecule has 3 nitrogen and oxygen atoms in total. The summed E-state index contributed by atoms with van der Waals surface area (Å²) >= 11 is 1.41. The predicted octanol–water partition coefficient (Wildman–Crippen LogP) is 3.13. The smallest absolute Gasteiger partial charge is 0.355 e. The second-order valence-electron chi connectivity index (χ2n) is 3.60. The molecule has 82 valence electrons. The molecule has 0 radical (unpaired) electrons. The van der Waals surface area contributed by atoms with Crippen molar-refractivity contribution in [3.8, 4) is 10.6 Å². The molecule has 0 spiro atoms. The van der Waals surface area contributed by atoms with Crippen LogP contribution in [0.25, 0.3) is 10.6 Å². The lowest BCUT2D eigenvalue weighted by Gasteiger charge is -1.96. The first-order valence-electron chi connectivity index (χ1n) is 4.85. The Labute approximate surface area is 97.4 Å². The van der Waals surface area contributed by atoms with Crippen LogP contribution in [-0.4, -0.2) is 16.1 Å². The van der Waals surface area contributed by atoms with E-state index in [1.54, 1.807) is 6.92 Å². The van der Waals surface area contributed by atoms with Crippen LogP contribution in [0.15, 0.2) is 24.3 Å². The zero-order valence-corrected chi connectivity index (χ0v) is 9.84. The minimum Gasteiger partial charge on any atom is -0.476 e. The molecule has 0 fully saturated rings. The number of thiazole rings is 1. The Balaban J connectivity index is 2.49. The van der Waals surface area contributed by atoms with Gasteiger partial charge in [0.15, 0.2) is 5.69 Å². The first kappa shape index (κ1) is 10.8. The fourth-order valence-electron chi connectivity index (χ4n) is 1.50. The van der Waals surface area contributed by atoms with E-state index in [0.717, 1.165) is 21.0 Å². The van der Waals surface area contributed by atoms with Gasteiger partial charge in [-0.3, -0.25) is 0 Å². The highest BCUT2D eigenvalue weighted by Crippen LogP contribution is 2.27. The molecule has 0 saturated carbocycles. The van der Waals surface area contributed by atoms with Crippen molar-refractivity contribution in [3.05, 3.63) is 40.4 Å². The summed E-state index contributed by atoms with van der Waals surface area (Å²) in [5, 5.41) is 9.69. The molecule has 2 aromatic rings. The first-order chi connectivity index (χ1) is 7.58. The number of rotatable bonds is 2. The van der Waals surface area contributed by atoms with Gasteiger partial charge in [-0.2, -0.15) is 0 Å². The van der Waals surface area contributed by atoms with Crippen LogP contribution < -0.4 is 0 Å². The van der Waals surface area contributed by atoms with Crippen molar-refractivity contribution in [2.45, 2.75) is 13.8 Å². The maximum atomic E-state index is 10.9. The van der Waals surface area contributed by atoms with E-state index >= 15 is 0 Å². The molecule has 0 amide bonds. The van der Waals surface area contributed by atoms with Crippen LogP contribution in [0, 0.1) is 13.8 Å². The summed E-state index contributed by atoms with van der Waals surface area (Å²) in [6.07, 6.45) is 0. The zero-order valence-electron chi connectivity index (χ0n) is 9.02. The van der Waals surface area contributed by atoms with Crippen molar-refractivity contribution in [1.82, 2.24) is 4.98 Å². The summed E-state index contributed by atoms with van der Waals surface area (Å²) in [5.41, 5.74) is 2.27. The summed E-state index contributed by atoms with van der Waals surface area (Å²) in [5.74, 6) is -0.965. The van der Waals surface area contributed by atoms with E-state index in [2.05, 4.69) is 4.98 Å². The van der Waals surface area contributed by atoms with Crippen molar-refractivity contribution in [3.63, 3.8) is 0 Å². The van der Waals surface area contributed by atoms with E-state index in [9.17, 15) is 4.79 Å². The lowest BCUT2D eigenvalue weighted by Crippen LogP contribution is -1.98. The van der Waals surface area contributed by atoms with Gasteiger partial charge in [0.05, 0.1) is 0 Å². The summed E-state index contributed by atoms with van der Waals surface area (Å²) < 4.78 is 0. The van der Waals surface area contributed by atoms with Crippen LogP contribution >= 0.6 is 11.3 Å². The third kappa shape index (κ3) is 1.97. The van der Waals surface area contributed by atoms with Crippen molar-refractivity contribution < 1.29 is 9.90 Å². The molecule has 0 bridgehead atoms. The third-order valence-corrected chi connectivity index (χ3v) is 3.28. The number of nitrogens with zero attached hydrogens (tertiary/aromatic N) is 1. The van der Waals surface area contributed by atoms with Crippen LogP contribution in [-0.2, 0) is 0 Å². The van der Waals surface area contributed by atoms with E-state index in [1.165, 1.54) is 11.3 Å². The Morgan fingerprint density at radius 2 is 2.12 bits per heavy atom. The topological polar surface area (TPSA) is 50.2 Å². The summed E-state index contributed by atoms with van der Waals surface area (Å²) in [7, 11) is 0. The van der Waals surface area contributed by atoms with Gasteiger partial charge in [0, 0.05) is 10.4 Å². The van der Waals surface area contributed by atoms with Gasteiger partial charge in [-0.05, 0) is 19.9 Å². The van der Waals surface area contributed by atoms with Crippen molar-refractivity contribution in [2.75, 3.05) is 0 Å². The average molecular weight is 233 g/mol. The fourth-order valence-corrected chi connectivity index (χ4v) is 2.40. The molecular formula is C12H11NO2S. The second-order valence-corrected chi connectivity index (χ2v) is 4.80. The molecule has 0 atom stereocenters. The van der Waals surface area contributed by atoms with E-state index in [1.807, 2.05) is 31.2 Å². The van der Waals surface area contributed by atoms with Gasteiger partial charge in [-0.25, -0.2) is 9.78 Å². The lowest BCUT2D eigenvalue weighted by molar-refractivity contribution is 0.0690. The Morgan fingerprint density at radius 3 is 2.69 bits per heavy atom. The van der Waals surface area contributed by atoms with E-state index < -0.39 is 5.97 Å². The van der Waals surface area contributed by atoms with Gasteiger partial charge < -0.3 is 5.11 Å². The normalized spacial score (nSPS) is 10.4. The standard InChI is InChI=1S/C12H11NO2S/c1-7-4-3-5-9(6-7)11-13-10(12(14)15)8(2)16-11/h3-6H,1-2H3,(H,14,15). The number of aromatic nitrogens is 1. The maximum Gasteiger partial charge on any atom is 0.355 e. The Morgan fingerprint density at radius 1 is 1.38 bits per heavy atom. The van der Waals surface area contributed by atoms with Crippen LogP contribution in [0.5, 0.6) is 0 Å².